The summed E-state index contributed by atoms with van der Waals surface area (Å²) in [5.41, 5.74) is 2.95. The minimum absolute atomic E-state index is 0.0452. The van der Waals surface area contributed by atoms with Crippen LogP contribution in [0.2, 0.25) is 0 Å². The number of para-hydroxylation sites is 1. The summed E-state index contributed by atoms with van der Waals surface area (Å²) in [6, 6.07) is 19.2. The Bertz CT molecular complexity index is 1730. The lowest BCUT2D eigenvalue weighted by molar-refractivity contribution is -0.148. The van der Waals surface area contributed by atoms with Gasteiger partial charge in [0.05, 0.1) is 13.5 Å². The van der Waals surface area contributed by atoms with Crippen LogP contribution in [0.25, 0.3) is 11.1 Å². The van der Waals surface area contributed by atoms with E-state index in [1.54, 1.807) is 66.7 Å². The summed E-state index contributed by atoms with van der Waals surface area (Å²) in [7, 11) is 1.18. The van der Waals surface area contributed by atoms with Crippen LogP contribution < -0.4 is 16.0 Å². The average Bonchev–Trinajstić information content (AvgIpc) is 3.52. The number of hydrogen-bond acceptors (Lipinski definition) is 10. The van der Waals surface area contributed by atoms with Gasteiger partial charge in [-0.1, -0.05) is 72.8 Å². The Morgan fingerprint density at radius 3 is 2.23 bits per heavy atom. The molecule has 1 aromatic heterocycles. The molecule has 0 saturated heterocycles. The number of carbonyl (C=O) groups excluding carboxylic acids is 5. The van der Waals surface area contributed by atoms with Gasteiger partial charge < -0.3 is 34.6 Å². The van der Waals surface area contributed by atoms with Crippen molar-refractivity contribution in [2.45, 2.75) is 57.0 Å². The first kappa shape index (κ1) is 32.7. The number of ether oxygens (including phenoxy) is 3. The molecule has 3 N–H and O–H groups in total. The SMILES string of the molecule is COC(=O)C1CCc2nc3c(cccc3o2)C[C@H](NC(=O)OCc2ccccc2)C(=O)NC(CC(=O)OCc2ccccc2)C(=O)N1. The van der Waals surface area contributed by atoms with Gasteiger partial charge in [-0.3, -0.25) is 14.4 Å². The second-order valence-electron chi connectivity index (χ2n) is 10.9. The monoisotopic (exact) mass is 642 g/mol. The number of alkyl carbamates (subject to hydrolysis) is 1. The highest BCUT2D eigenvalue weighted by Gasteiger charge is 2.33. The number of oxazole rings is 1. The summed E-state index contributed by atoms with van der Waals surface area (Å²) in [5.74, 6) is -2.83. The molecule has 0 saturated carbocycles. The Morgan fingerprint density at radius 1 is 0.872 bits per heavy atom. The van der Waals surface area contributed by atoms with Gasteiger partial charge in [0.25, 0.3) is 0 Å². The minimum Gasteiger partial charge on any atom is -0.467 e. The zero-order chi connectivity index (χ0) is 33.2. The van der Waals surface area contributed by atoms with E-state index >= 15 is 0 Å². The highest BCUT2D eigenvalue weighted by atomic mass is 16.5. The number of nitrogens with zero attached hydrogens (tertiary/aromatic N) is 1. The Labute approximate surface area is 270 Å². The number of aromatic nitrogens is 1. The number of esters is 2. The number of methoxy groups -OCH3 is 1. The first-order valence-electron chi connectivity index (χ1n) is 15.0. The summed E-state index contributed by atoms with van der Waals surface area (Å²) < 4.78 is 21.5. The van der Waals surface area contributed by atoms with Gasteiger partial charge in [-0.05, 0) is 29.2 Å². The van der Waals surface area contributed by atoms with Crippen molar-refractivity contribution in [3.05, 3.63) is 101 Å². The fourth-order valence-corrected chi connectivity index (χ4v) is 5.04. The second kappa shape index (κ2) is 15.5. The van der Waals surface area contributed by atoms with Crippen LogP contribution in [0.3, 0.4) is 0 Å². The molecule has 244 valence electrons. The third-order valence-corrected chi connectivity index (χ3v) is 7.49. The van der Waals surface area contributed by atoms with Gasteiger partial charge >= 0.3 is 18.0 Å². The van der Waals surface area contributed by atoms with Gasteiger partial charge in [0.1, 0.15) is 36.9 Å². The second-order valence-corrected chi connectivity index (χ2v) is 10.9. The molecule has 0 spiro atoms. The zero-order valence-electron chi connectivity index (χ0n) is 25.6. The Balaban J connectivity index is 1.41. The molecule has 2 unspecified atom stereocenters. The maximum absolute atomic E-state index is 13.8. The summed E-state index contributed by atoms with van der Waals surface area (Å²) in [5, 5.41) is 7.72. The van der Waals surface area contributed by atoms with Crippen LogP contribution >= 0.6 is 0 Å². The molecule has 13 nitrogen and oxygen atoms in total. The fraction of sp³-hybridized carbons (Fsp3) is 0.294. The normalized spacial score (nSPS) is 18.4. The van der Waals surface area contributed by atoms with E-state index in [0.29, 0.717) is 22.6 Å². The number of benzene rings is 3. The quantitative estimate of drug-likeness (QED) is 0.191. The summed E-state index contributed by atoms with van der Waals surface area (Å²) in [6.07, 6.45) is -1.25. The molecule has 3 amide bonds. The Hall–Kier alpha value is -5.72. The number of nitrogens with one attached hydrogen (secondary N) is 3. The number of amides is 3. The van der Waals surface area contributed by atoms with Crippen LogP contribution in [-0.4, -0.2) is 60.1 Å². The smallest absolute Gasteiger partial charge is 0.408 e. The molecule has 3 atom stereocenters. The standard InChI is InChI=1S/C34H34N4O9/c1-44-33(42)24-15-16-28-38-30-23(13-8-14-27(30)47-28)17-25(37-34(43)46-20-22-11-6-3-7-12-22)31(40)36-26(32(41)35-24)18-29(39)45-19-21-9-4-2-5-10-21/h2-14,24-26H,15-20H2,1H3,(H,35,41)(H,36,40)(H,37,43)/t24?,25-,26?/m0/s1. The molecule has 13 heteroatoms. The molecule has 0 aliphatic carbocycles. The lowest BCUT2D eigenvalue weighted by Crippen LogP contribution is -2.57. The van der Waals surface area contributed by atoms with E-state index in [4.69, 9.17) is 18.6 Å². The number of rotatable bonds is 8. The molecule has 3 aromatic carbocycles. The molecule has 1 aliphatic heterocycles. The number of hydrogen-bond donors (Lipinski definition) is 3. The van der Waals surface area contributed by atoms with Crippen molar-refractivity contribution in [1.82, 2.24) is 20.9 Å². The van der Waals surface area contributed by atoms with Crippen LogP contribution in [0.5, 0.6) is 0 Å². The highest BCUT2D eigenvalue weighted by Crippen LogP contribution is 2.23. The van der Waals surface area contributed by atoms with Crippen molar-refractivity contribution >= 4 is 40.9 Å². The largest absolute Gasteiger partial charge is 0.467 e. The predicted octanol–water partition coefficient (Wildman–Crippen LogP) is 2.89. The van der Waals surface area contributed by atoms with E-state index in [0.717, 1.165) is 11.1 Å². The molecule has 4 aromatic rings. The van der Waals surface area contributed by atoms with Crippen LogP contribution in [0.1, 0.15) is 35.4 Å². The molecule has 2 heterocycles. The molecular formula is C34H34N4O9. The predicted molar refractivity (Wildman–Crippen MR) is 166 cm³/mol. The average molecular weight is 643 g/mol. The van der Waals surface area contributed by atoms with E-state index in [2.05, 4.69) is 20.9 Å². The van der Waals surface area contributed by atoms with Crippen LogP contribution in [0.15, 0.2) is 83.3 Å². The van der Waals surface area contributed by atoms with E-state index in [-0.39, 0.29) is 32.5 Å². The van der Waals surface area contributed by atoms with Crippen molar-refractivity contribution in [2.75, 3.05) is 7.11 Å². The molecule has 1 aliphatic rings. The third kappa shape index (κ3) is 8.93. The van der Waals surface area contributed by atoms with E-state index in [9.17, 15) is 24.0 Å². The Kier molecular flexibility index (Phi) is 10.8. The van der Waals surface area contributed by atoms with Crippen LogP contribution in [0, 0.1) is 0 Å². The maximum atomic E-state index is 13.8. The number of aryl methyl sites for hydroxylation is 1. The van der Waals surface area contributed by atoms with Crippen molar-refractivity contribution in [1.29, 1.82) is 0 Å². The number of fused-ring (bicyclic) bond motifs is 1. The summed E-state index contributed by atoms with van der Waals surface area (Å²) >= 11 is 0. The summed E-state index contributed by atoms with van der Waals surface area (Å²) in [4.78, 5) is 70.4. The molecule has 0 fully saturated rings. The third-order valence-electron chi connectivity index (χ3n) is 7.49. The Morgan fingerprint density at radius 2 is 1.55 bits per heavy atom. The molecule has 0 radical (unpaired) electrons. The van der Waals surface area contributed by atoms with E-state index < -0.39 is 54.4 Å². The van der Waals surface area contributed by atoms with Crippen molar-refractivity contribution in [3.8, 4) is 0 Å². The van der Waals surface area contributed by atoms with Gasteiger partial charge in [-0.2, -0.15) is 0 Å². The summed E-state index contributed by atoms with van der Waals surface area (Å²) in [6.45, 7) is -0.0954. The first-order chi connectivity index (χ1) is 22.8. The zero-order valence-corrected chi connectivity index (χ0v) is 25.6. The van der Waals surface area contributed by atoms with Gasteiger partial charge in [0, 0.05) is 12.8 Å². The van der Waals surface area contributed by atoms with E-state index in [1.807, 2.05) is 12.1 Å². The molecule has 2 bridgehead atoms. The topological polar surface area (TPSA) is 175 Å². The molecular weight excluding hydrogens is 608 g/mol. The van der Waals surface area contributed by atoms with Crippen molar-refractivity contribution < 1.29 is 42.6 Å². The van der Waals surface area contributed by atoms with Gasteiger partial charge in [0.2, 0.25) is 11.8 Å². The van der Waals surface area contributed by atoms with Gasteiger partial charge in [-0.25, -0.2) is 14.6 Å². The fourth-order valence-electron chi connectivity index (χ4n) is 5.04. The lowest BCUT2D eigenvalue weighted by atomic mass is 10.0. The van der Waals surface area contributed by atoms with Crippen LogP contribution in [-0.2, 0) is 59.4 Å². The number of carbonyl (C=O) groups is 5. The molecule has 5 rings (SSSR count). The van der Waals surface area contributed by atoms with Crippen molar-refractivity contribution in [2.24, 2.45) is 0 Å². The highest BCUT2D eigenvalue weighted by molar-refractivity contribution is 5.95. The van der Waals surface area contributed by atoms with Crippen molar-refractivity contribution in [3.63, 3.8) is 0 Å². The minimum atomic E-state index is -1.47. The maximum Gasteiger partial charge on any atom is 0.408 e. The van der Waals surface area contributed by atoms with E-state index in [1.165, 1.54) is 7.11 Å². The van der Waals surface area contributed by atoms with Crippen LogP contribution in [0.4, 0.5) is 4.79 Å². The molecule has 47 heavy (non-hydrogen) atoms. The first-order valence-corrected chi connectivity index (χ1v) is 15.0. The lowest BCUT2D eigenvalue weighted by Gasteiger charge is -2.24. The van der Waals surface area contributed by atoms with Gasteiger partial charge in [0.15, 0.2) is 11.5 Å². The van der Waals surface area contributed by atoms with Gasteiger partial charge in [-0.15, -0.1) is 0 Å².